The largest absolute Gasteiger partial charge is 0.366 e. The Balaban J connectivity index is 1.67. The van der Waals surface area contributed by atoms with E-state index in [2.05, 4.69) is 20.6 Å². The van der Waals surface area contributed by atoms with Gasteiger partial charge in [0.1, 0.15) is 0 Å². The summed E-state index contributed by atoms with van der Waals surface area (Å²) >= 11 is 5.26. The third-order valence-corrected chi connectivity index (χ3v) is 3.31. The van der Waals surface area contributed by atoms with Crippen LogP contribution in [0, 0.1) is 0 Å². The van der Waals surface area contributed by atoms with Crippen molar-refractivity contribution in [2.45, 2.75) is 0 Å². The fourth-order valence-electron chi connectivity index (χ4n) is 2.02. The van der Waals surface area contributed by atoms with E-state index in [0.717, 1.165) is 22.4 Å². The van der Waals surface area contributed by atoms with Crippen molar-refractivity contribution in [1.82, 2.24) is 9.97 Å². The second kappa shape index (κ2) is 5.82. The number of carbonyl (C=O) groups is 1. The van der Waals surface area contributed by atoms with Gasteiger partial charge in [0.25, 0.3) is 0 Å². The molecule has 0 aliphatic heterocycles. The molecular weight excluding hydrogens is 298 g/mol. The van der Waals surface area contributed by atoms with E-state index >= 15 is 0 Å². The monoisotopic (exact) mass is 311 g/mol. The first-order valence-corrected chi connectivity index (χ1v) is 6.94. The third kappa shape index (κ3) is 3.04. The lowest BCUT2D eigenvalue weighted by atomic mass is 10.2. The summed E-state index contributed by atoms with van der Waals surface area (Å²) in [6.07, 6.45) is 1.64. The molecule has 0 aliphatic carbocycles. The van der Waals surface area contributed by atoms with Crippen molar-refractivity contribution in [2.24, 2.45) is 5.73 Å². The molecule has 6 nitrogen and oxygen atoms in total. The number of fused-ring (bicyclic) bond motifs is 1. The van der Waals surface area contributed by atoms with Crippen molar-refractivity contribution in [3.63, 3.8) is 0 Å². The molecular formula is C15H13N5OS. The lowest BCUT2D eigenvalue weighted by Crippen LogP contribution is -2.19. The van der Waals surface area contributed by atoms with Crippen molar-refractivity contribution in [3.05, 3.63) is 54.4 Å². The number of primary amides is 1. The fourth-order valence-corrected chi connectivity index (χ4v) is 2.26. The van der Waals surface area contributed by atoms with Gasteiger partial charge in [-0.2, -0.15) is 0 Å². The number of H-pyrrole nitrogens is 1. The molecule has 0 fully saturated rings. The van der Waals surface area contributed by atoms with Crippen molar-refractivity contribution in [1.29, 1.82) is 0 Å². The number of aromatic nitrogens is 2. The molecule has 3 rings (SSSR count). The molecule has 110 valence electrons. The van der Waals surface area contributed by atoms with Gasteiger partial charge >= 0.3 is 0 Å². The molecule has 0 unspecified atom stereocenters. The summed E-state index contributed by atoms with van der Waals surface area (Å²) in [5.41, 5.74) is 9.09. The Kier molecular flexibility index (Phi) is 3.71. The molecule has 0 aliphatic rings. The van der Waals surface area contributed by atoms with Crippen molar-refractivity contribution in [3.8, 4) is 0 Å². The molecule has 0 bridgehead atoms. The average Bonchev–Trinajstić information content (AvgIpc) is 2.95. The number of hydrogen-bond donors (Lipinski definition) is 4. The van der Waals surface area contributed by atoms with Gasteiger partial charge in [-0.3, -0.25) is 4.79 Å². The Bertz CT molecular complexity index is 841. The van der Waals surface area contributed by atoms with Gasteiger partial charge in [-0.05, 0) is 54.7 Å². The number of nitrogens with one attached hydrogen (secondary N) is 3. The second-order valence-electron chi connectivity index (χ2n) is 4.66. The predicted octanol–water partition coefficient (Wildman–Crippen LogP) is 2.47. The first-order valence-electron chi connectivity index (χ1n) is 6.53. The van der Waals surface area contributed by atoms with Gasteiger partial charge < -0.3 is 21.4 Å². The fraction of sp³-hybridized carbons (Fsp3) is 0. The number of nitrogens with zero attached hydrogens (tertiary/aromatic N) is 1. The van der Waals surface area contributed by atoms with Gasteiger partial charge in [0, 0.05) is 16.9 Å². The number of aromatic amines is 1. The Morgan fingerprint density at radius 2 is 1.77 bits per heavy atom. The Morgan fingerprint density at radius 3 is 2.50 bits per heavy atom. The van der Waals surface area contributed by atoms with Gasteiger partial charge in [-0.25, -0.2) is 4.98 Å². The molecule has 0 saturated heterocycles. The SMILES string of the molecule is NC(=O)c1ccc(NC(=S)Nc2ccc3nc[nH]c3c2)cc1. The summed E-state index contributed by atoms with van der Waals surface area (Å²) < 4.78 is 0. The van der Waals surface area contributed by atoms with Crippen LogP contribution in [0.3, 0.4) is 0 Å². The summed E-state index contributed by atoms with van der Waals surface area (Å²) in [4.78, 5) is 18.2. The molecule has 1 amide bonds. The van der Waals surface area contributed by atoms with E-state index in [1.165, 1.54) is 0 Å². The highest BCUT2D eigenvalue weighted by Gasteiger charge is 2.03. The Labute approximate surface area is 131 Å². The van der Waals surface area contributed by atoms with E-state index in [-0.39, 0.29) is 0 Å². The number of hydrogen-bond acceptors (Lipinski definition) is 3. The molecule has 0 atom stereocenters. The van der Waals surface area contributed by atoms with E-state index in [1.54, 1.807) is 30.6 Å². The minimum absolute atomic E-state index is 0.450. The topological polar surface area (TPSA) is 95.8 Å². The van der Waals surface area contributed by atoms with Crippen LogP contribution in [0.15, 0.2) is 48.8 Å². The van der Waals surface area contributed by atoms with E-state index in [1.807, 2.05) is 18.2 Å². The lowest BCUT2D eigenvalue weighted by molar-refractivity contribution is 0.100. The predicted molar refractivity (Wildman–Crippen MR) is 90.9 cm³/mol. The van der Waals surface area contributed by atoms with E-state index < -0.39 is 5.91 Å². The number of thiocarbonyl (C=S) groups is 1. The van der Waals surface area contributed by atoms with Crippen LogP contribution in [0.1, 0.15) is 10.4 Å². The van der Waals surface area contributed by atoms with Crippen LogP contribution >= 0.6 is 12.2 Å². The zero-order valence-corrected chi connectivity index (χ0v) is 12.3. The summed E-state index contributed by atoms with van der Waals surface area (Å²) in [6, 6.07) is 12.5. The van der Waals surface area contributed by atoms with Crippen LogP contribution in [0.4, 0.5) is 11.4 Å². The van der Waals surface area contributed by atoms with E-state index in [4.69, 9.17) is 18.0 Å². The summed E-state index contributed by atoms with van der Waals surface area (Å²) in [5, 5.41) is 6.58. The molecule has 1 aromatic heterocycles. The molecule has 5 N–H and O–H groups in total. The summed E-state index contributed by atoms with van der Waals surface area (Å²) in [5.74, 6) is -0.458. The molecule has 3 aromatic rings. The molecule has 1 heterocycles. The number of imidazole rings is 1. The summed E-state index contributed by atoms with van der Waals surface area (Å²) in [7, 11) is 0. The van der Waals surface area contributed by atoms with Crippen LogP contribution in [0.5, 0.6) is 0 Å². The lowest BCUT2D eigenvalue weighted by Gasteiger charge is -2.10. The zero-order valence-electron chi connectivity index (χ0n) is 11.5. The Hall–Kier alpha value is -2.93. The quantitative estimate of drug-likeness (QED) is 0.557. The highest BCUT2D eigenvalue weighted by Crippen LogP contribution is 2.16. The zero-order chi connectivity index (χ0) is 15.5. The molecule has 0 spiro atoms. The first-order chi connectivity index (χ1) is 10.6. The number of rotatable bonds is 3. The standard InChI is InChI=1S/C15H13N5OS/c16-14(21)9-1-3-10(4-2-9)19-15(22)20-11-5-6-12-13(7-11)18-8-17-12/h1-8H,(H2,16,21)(H,17,18)(H2,19,20,22). The van der Waals surface area contributed by atoms with Crippen LogP contribution in [0.25, 0.3) is 11.0 Å². The van der Waals surface area contributed by atoms with E-state index in [0.29, 0.717) is 10.7 Å². The molecule has 2 aromatic carbocycles. The number of anilines is 2. The highest BCUT2D eigenvalue weighted by atomic mass is 32.1. The van der Waals surface area contributed by atoms with Gasteiger partial charge in [-0.15, -0.1) is 0 Å². The second-order valence-corrected chi connectivity index (χ2v) is 5.06. The minimum atomic E-state index is -0.458. The van der Waals surface area contributed by atoms with Gasteiger partial charge in [-0.1, -0.05) is 0 Å². The maximum Gasteiger partial charge on any atom is 0.248 e. The number of nitrogens with two attached hydrogens (primary N) is 1. The third-order valence-electron chi connectivity index (χ3n) is 3.11. The van der Waals surface area contributed by atoms with Crippen LogP contribution < -0.4 is 16.4 Å². The van der Waals surface area contributed by atoms with Gasteiger partial charge in [0.2, 0.25) is 5.91 Å². The highest BCUT2D eigenvalue weighted by molar-refractivity contribution is 7.80. The maximum absolute atomic E-state index is 11.0. The molecule has 7 heteroatoms. The van der Waals surface area contributed by atoms with Crippen molar-refractivity contribution < 1.29 is 4.79 Å². The van der Waals surface area contributed by atoms with Crippen molar-refractivity contribution in [2.75, 3.05) is 10.6 Å². The van der Waals surface area contributed by atoms with Gasteiger partial charge in [0.05, 0.1) is 17.4 Å². The molecule has 22 heavy (non-hydrogen) atoms. The van der Waals surface area contributed by atoms with Crippen LogP contribution in [0.2, 0.25) is 0 Å². The first kappa shape index (κ1) is 14.0. The van der Waals surface area contributed by atoms with Crippen molar-refractivity contribution >= 4 is 45.6 Å². The minimum Gasteiger partial charge on any atom is -0.366 e. The molecule has 0 saturated carbocycles. The van der Waals surface area contributed by atoms with Crippen LogP contribution in [-0.4, -0.2) is 21.0 Å². The van der Waals surface area contributed by atoms with E-state index in [9.17, 15) is 4.79 Å². The number of carbonyl (C=O) groups excluding carboxylic acids is 1. The molecule has 0 radical (unpaired) electrons. The normalized spacial score (nSPS) is 10.4. The maximum atomic E-state index is 11.0. The smallest absolute Gasteiger partial charge is 0.248 e. The average molecular weight is 311 g/mol. The Morgan fingerprint density at radius 1 is 1.09 bits per heavy atom. The number of benzene rings is 2. The van der Waals surface area contributed by atoms with Crippen LogP contribution in [-0.2, 0) is 0 Å². The number of amides is 1. The van der Waals surface area contributed by atoms with Gasteiger partial charge in [0.15, 0.2) is 5.11 Å². The summed E-state index contributed by atoms with van der Waals surface area (Å²) in [6.45, 7) is 0.